The van der Waals surface area contributed by atoms with Gasteiger partial charge < -0.3 is 9.90 Å². The van der Waals surface area contributed by atoms with Crippen LogP contribution in [0.2, 0.25) is 0 Å². The molecule has 1 rings (SSSR count). The molecule has 2 nitrogen and oxygen atoms in total. The van der Waals surface area contributed by atoms with Gasteiger partial charge in [-0.3, -0.25) is 0 Å². The van der Waals surface area contributed by atoms with Crippen molar-refractivity contribution in [2.24, 2.45) is 0 Å². The van der Waals surface area contributed by atoms with Crippen LogP contribution in [0.1, 0.15) is 41.3 Å². The number of carboxylic acids is 1. The van der Waals surface area contributed by atoms with Gasteiger partial charge in [0.1, 0.15) is 0 Å². The molecule has 0 aromatic heterocycles. The van der Waals surface area contributed by atoms with Gasteiger partial charge in [0.05, 0.1) is 11.5 Å². The Bertz CT molecular complexity index is 408. The number of halogens is 3. The van der Waals surface area contributed by atoms with Crippen LogP contribution in [0.5, 0.6) is 0 Å². The smallest absolute Gasteiger partial charge is 0.416 e. The fourth-order valence-electron chi connectivity index (χ4n) is 1.27. The SMILES string of the molecule is CC(C)c1cc(C(=O)[O-])cc(C(F)(F)F)c1. The average molecular weight is 231 g/mol. The van der Waals surface area contributed by atoms with Crippen molar-refractivity contribution in [1.82, 2.24) is 0 Å². The number of hydrogen-bond acceptors (Lipinski definition) is 2. The van der Waals surface area contributed by atoms with E-state index in [1.165, 1.54) is 6.07 Å². The van der Waals surface area contributed by atoms with Crippen molar-refractivity contribution in [2.45, 2.75) is 25.9 Å². The molecule has 0 aliphatic rings. The predicted octanol–water partition coefficient (Wildman–Crippen LogP) is 2.19. The molecule has 88 valence electrons. The van der Waals surface area contributed by atoms with Gasteiger partial charge >= 0.3 is 6.18 Å². The number of hydrogen-bond donors (Lipinski definition) is 0. The van der Waals surface area contributed by atoms with Crippen molar-refractivity contribution in [3.05, 3.63) is 34.9 Å². The summed E-state index contributed by atoms with van der Waals surface area (Å²) in [4.78, 5) is 10.6. The number of rotatable bonds is 2. The number of alkyl halides is 3. The topological polar surface area (TPSA) is 40.1 Å². The summed E-state index contributed by atoms with van der Waals surface area (Å²) in [5.74, 6) is -1.78. The van der Waals surface area contributed by atoms with Crippen LogP contribution < -0.4 is 5.11 Å². The molecule has 0 saturated carbocycles. The number of carboxylic acid groups (broad SMARTS) is 1. The molecule has 0 bridgehead atoms. The first-order valence-electron chi connectivity index (χ1n) is 4.65. The number of carbonyl (C=O) groups excluding carboxylic acids is 1. The monoisotopic (exact) mass is 231 g/mol. The van der Waals surface area contributed by atoms with Crippen molar-refractivity contribution in [2.75, 3.05) is 0 Å². The lowest BCUT2D eigenvalue weighted by Gasteiger charge is -2.14. The standard InChI is InChI=1S/C11H11F3O2/c1-6(2)7-3-8(10(15)16)5-9(4-7)11(12,13)14/h3-6H,1-2H3,(H,15,16)/p-1. The molecule has 0 fully saturated rings. The van der Waals surface area contributed by atoms with Gasteiger partial charge in [-0.15, -0.1) is 0 Å². The van der Waals surface area contributed by atoms with E-state index in [0.29, 0.717) is 11.6 Å². The molecule has 0 aliphatic heterocycles. The van der Waals surface area contributed by atoms with Crippen molar-refractivity contribution >= 4 is 5.97 Å². The maximum absolute atomic E-state index is 12.5. The van der Waals surface area contributed by atoms with Gasteiger partial charge in [-0.25, -0.2) is 0 Å². The van der Waals surface area contributed by atoms with E-state index in [4.69, 9.17) is 0 Å². The van der Waals surface area contributed by atoms with Gasteiger partial charge in [-0.05, 0) is 35.2 Å². The summed E-state index contributed by atoms with van der Waals surface area (Å²) >= 11 is 0. The first kappa shape index (κ1) is 12.5. The highest BCUT2D eigenvalue weighted by molar-refractivity contribution is 5.86. The van der Waals surface area contributed by atoms with Crippen molar-refractivity contribution < 1.29 is 23.1 Å². The van der Waals surface area contributed by atoms with Crippen molar-refractivity contribution in [3.8, 4) is 0 Å². The molecule has 0 radical (unpaired) electrons. The molecular weight excluding hydrogens is 221 g/mol. The van der Waals surface area contributed by atoms with Gasteiger partial charge in [0.2, 0.25) is 0 Å². The minimum absolute atomic E-state index is 0.180. The quantitative estimate of drug-likeness (QED) is 0.782. The normalized spacial score (nSPS) is 11.9. The lowest BCUT2D eigenvalue weighted by atomic mass is 9.97. The third-order valence-corrected chi connectivity index (χ3v) is 2.19. The second-order valence-corrected chi connectivity index (χ2v) is 3.78. The second kappa shape index (κ2) is 4.15. The number of aromatic carboxylic acids is 1. The largest absolute Gasteiger partial charge is 0.545 e. The Morgan fingerprint density at radius 2 is 1.81 bits per heavy atom. The lowest BCUT2D eigenvalue weighted by Crippen LogP contribution is -2.23. The van der Waals surface area contributed by atoms with E-state index >= 15 is 0 Å². The third-order valence-electron chi connectivity index (χ3n) is 2.19. The predicted molar refractivity (Wildman–Crippen MR) is 49.9 cm³/mol. The zero-order chi connectivity index (χ0) is 12.5. The highest BCUT2D eigenvalue weighted by Crippen LogP contribution is 2.32. The fraction of sp³-hybridized carbons (Fsp3) is 0.364. The van der Waals surface area contributed by atoms with Gasteiger partial charge in [0.15, 0.2) is 0 Å². The summed E-state index contributed by atoms with van der Waals surface area (Å²) in [6.45, 7) is 3.38. The summed E-state index contributed by atoms with van der Waals surface area (Å²) in [5.41, 5.74) is -1.08. The van der Waals surface area contributed by atoms with Crippen LogP contribution in [-0.2, 0) is 6.18 Å². The van der Waals surface area contributed by atoms with Gasteiger partial charge in [-0.1, -0.05) is 13.8 Å². The zero-order valence-corrected chi connectivity index (χ0v) is 8.76. The molecule has 0 unspecified atom stereocenters. The minimum atomic E-state index is -4.55. The summed E-state index contributed by atoms with van der Waals surface area (Å²) in [6, 6.07) is 2.74. The Balaban J connectivity index is 3.36. The van der Waals surface area contributed by atoms with E-state index in [1.54, 1.807) is 13.8 Å². The molecule has 16 heavy (non-hydrogen) atoms. The Hall–Kier alpha value is -1.52. The lowest BCUT2D eigenvalue weighted by molar-refractivity contribution is -0.255. The van der Waals surface area contributed by atoms with E-state index in [0.717, 1.165) is 6.07 Å². The van der Waals surface area contributed by atoms with E-state index in [2.05, 4.69) is 0 Å². The minimum Gasteiger partial charge on any atom is -0.545 e. The molecule has 1 aromatic rings. The van der Waals surface area contributed by atoms with E-state index in [9.17, 15) is 23.1 Å². The average Bonchev–Trinajstić information content (AvgIpc) is 2.15. The van der Waals surface area contributed by atoms with E-state index in [-0.39, 0.29) is 5.92 Å². The maximum Gasteiger partial charge on any atom is 0.416 e. The van der Waals surface area contributed by atoms with E-state index < -0.39 is 23.3 Å². The Labute approximate surface area is 90.7 Å². The van der Waals surface area contributed by atoms with Crippen LogP contribution in [0.4, 0.5) is 13.2 Å². The Kier molecular flexibility index (Phi) is 3.26. The highest BCUT2D eigenvalue weighted by Gasteiger charge is 2.31. The van der Waals surface area contributed by atoms with E-state index in [1.807, 2.05) is 0 Å². The van der Waals surface area contributed by atoms with Crippen LogP contribution in [0, 0.1) is 0 Å². The zero-order valence-electron chi connectivity index (χ0n) is 8.76. The van der Waals surface area contributed by atoms with Crippen LogP contribution >= 0.6 is 0 Å². The number of benzene rings is 1. The molecule has 0 amide bonds. The molecular formula is C11H10F3O2-. The van der Waals surface area contributed by atoms with Crippen molar-refractivity contribution in [3.63, 3.8) is 0 Å². The highest BCUT2D eigenvalue weighted by atomic mass is 19.4. The van der Waals surface area contributed by atoms with Crippen LogP contribution in [0.3, 0.4) is 0 Å². The summed E-state index contributed by atoms with van der Waals surface area (Å²) < 4.78 is 37.4. The van der Waals surface area contributed by atoms with Gasteiger partial charge in [0.25, 0.3) is 0 Å². The van der Waals surface area contributed by atoms with Crippen LogP contribution in [0.15, 0.2) is 18.2 Å². The molecule has 0 saturated heterocycles. The Morgan fingerprint density at radius 3 is 2.19 bits per heavy atom. The summed E-state index contributed by atoms with van der Waals surface area (Å²) in [6.07, 6.45) is -4.55. The number of carbonyl (C=O) groups is 1. The maximum atomic E-state index is 12.5. The molecule has 5 heteroatoms. The third kappa shape index (κ3) is 2.74. The van der Waals surface area contributed by atoms with Crippen LogP contribution in [-0.4, -0.2) is 5.97 Å². The Morgan fingerprint density at radius 1 is 1.25 bits per heavy atom. The molecule has 0 aliphatic carbocycles. The molecule has 0 N–H and O–H groups in total. The summed E-state index contributed by atoms with van der Waals surface area (Å²) in [5, 5.41) is 10.6. The molecule has 0 heterocycles. The van der Waals surface area contributed by atoms with Crippen LogP contribution in [0.25, 0.3) is 0 Å². The van der Waals surface area contributed by atoms with Crippen molar-refractivity contribution in [1.29, 1.82) is 0 Å². The first-order chi connectivity index (χ1) is 7.21. The summed E-state index contributed by atoms with van der Waals surface area (Å²) in [7, 11) is 0. The fourth-order valence-corrected chi connectivity index (χ4v) is 1.27. The van der Waals surface area contributed by atoms with Gasteiger partial charge in [-0.2, -0.15) is 13.2 Å². The van der Waals surface area contributed by atoms with Gasteiger partial charge in [0, 0.05) is 0 Å². The second-order valence-electron chi connectivity index (χ2n) is 3.78. The first-order valence-corrected chi connectivity index (χ1v) is 4.65. The molecule has 0 spiro atoms. The molecule has 1 aromatic carbocycles. The molecule has 0 atom stereocenters.